The number of imidazole rings is 1. The highest BCUT2D eigenvalue weighted by atomic mass is 32.1. The highest BCUT2D eigenvalue weighted by Gasteiger charge is 2.38. The number of nitrogens with zero attached hydrogens (tertiary/aromatic N) is 3. The minimum Gasteiger partial charge on any atom is -0.475 e. The van der Waals surface area contributed by atoms with Crippen molar-refractivity contribution in [3.63, 3.8) is 0 Å². The monoisotopic (exact) mass is 455 g/mol. The van der Waals surface area contributed by atoms with Crippen LogP contribution in [0.3, 0.4) is 0 Å². The minimum atomic E-state index is -5.08. The molecule has 3 aromatic rings. The number of rotatable bonds is 3. The molecule has 3 heterocycles. The van der Waals surface area contributed by atoms with E-state index < -0.39 is 12.1 Å². The van der Waals surface area contributed by atoms with Crippen molar-refractivity contribution >= 4 is 28.9 Å². The molecule has 0 bridgehead atoms. The maximum Gasteiger partial charge on any atom is 0.490 e. The molecule has 0 unspecified atom stereocenters. The molecule has 0 aliphatic heterocycles. The summed E-state index contributed by atoms with van der Waals surface area (Å²) in [5.74, 6) is -2.80. The zero-order valence-corrected chi connectivity index (χ0v) is 17.0. The lowest BCUT2D eigenvalue weighted by atomic mass is 9.91. The molecule has 2 atom stereocenters. The van der Waals surface area contributed by atoms with Gasteiger partial charge < -0.3 is 16.2 Å². The lowest BCUT2D eigenvalue weighted by molar-refractivity contribution is -0.192. The van der Waals surface area contributed by atoms with E-state index in [1.165, 1.54) is 11.3 Å². The molecule has 3 aromatic heterocycles. The number of halogens is 3. The number of carboxylic acid groups (broad SMARTS) is 1. The van der Waals surface area contributed by atoms with Crippen molar-refractivity contribution in [2.45, 2.75) is 43.9 Å². The lowest BCUT2D eigenvalue weighted by Crippen LogP contribution is -2.49. The highest BCUT2D eigenvalue weighted by molar-refractivity contribution is 7.12. The Morgan fingerprint density at radius 3 is 2.68 bits per heavy atom. The van der Waals surface area contributed by atoms with Crippen LogP contribution in [0.5, 0.6) is 0 Å². The summed E-state index contributed by atoms with van der Waals surface area (Å²) in [4.78, 5) is 26.4. The van der Waals surface area contributed by atoms with Crippen molar-refractivity contribution < 1.29 is 27.9 Å². The van der Waals surface area contributed by atoms with Crippen LogP contribution >= 0.6 is 11.3 Å². The van der Waals surface area contributed by atoms with E-state index in [-0.39, 0.29) is 18.0 Å². The molecule has 8 nitrogen and oxygen atoms in total. The quantitative estimate of drug-likeness (QED) is 0.558. The first-order valence-electron chi connectivity index (χ1n) is 9.41. The van der Waals surface area contributed by atoms with E-state index in [0.29, 0.717) is 4.88 Å². The van der Waals surface area contributed by atoms with Crippen LogP contribution in [0, 0.1) is 0 Å². The van der Waals surface area contributed by atoms with Crippen LogP contribution in [0.25, 0.3) is 16.9 Å². The van der Waals surface area contributed by atoms with Crippen LogP contribution in [0.1, 0.15) is 35.4 Å². The smallest absolute Gasteiger partial charge is 0.475 e. The fourth-order valence-electron chi connectivity index (χ4n) is 3.19. The second-order valence-electron chi connectivity index (χ2n) is 6.97. The van der Waals surface area contributed by atoms with Crippen molar-refractivity contribution in [3.05, 3.63) is 40.8 Å². The number of thiophene rings is 1. The third kappa shape index (κ3) is 5.58. The number of aromatic nitrogens is 3. The number of carboxylic acids is 1. The Bertz CT molecular complexity index is 1070. The van der Waals surface area contributed by atoms with Gasteiger partial charge in [-0.3, -0.25) is 4.79 Å². The van der Waals surface area contributed by atoms with Gasteiger partial charge >= 0.3 is 12.1 Å². The second-order valence-corrected chi connectivity index (χ2v) is 7.88. The van der Waals surface area contributed by atoms with Gasteiger partial charge in [-0.1, -0.05) is 12.8 Å². The number of carbonyl (C=O) groups excluding carboxylic acids is 1. The van der Waals surface area contributed by atoms with Crippen LogP contribution < -0.4 is 11.1 Å². The number of hydrogen-bond acceptors (Lipinski definition) is 6. The SMILES string of the molecule is N[C@@H]1CCCC[C@@H]1NC(=O)c1cc(-c2cnc3cccnn23)cs1.O=C(O)C(F)(F)F. The maximum atomic E-state index is 12.5. The van der Waals surface area contributed by atoms with Gasteiger partial charge in [0.25, 0.3) is 5.91 Å². The van der Waals surface area contributed by atoms with E-state index in [0.717, 1.165) is 42.6 Å². The average Bonchev–Trinajstić information content (AvgIpc) is 3.36. The summed E-state index contributed by atoms with van der Waals surface area (Å²) in [6, 6.07) is 5.79. The first-order valence-corrected chi connectivity index (χ1v) is 10.3. The van der Waals surface area contributed by atoms with E-state index in [9.17, 15) is 18.0 Å². The number of amides is 1. The van der Waals surface area contributed by atoms with Crippen molar-refractivity contribution in [2.24, 2.45) is 5.73 Å². The number of nitrogens with one attached hydrogen (secondary N) is 1. The van der Waals surface area contributed by atoms with E-state index in [2.05, 4.69) is 15.4 Å². The zero-order valence-electron chi connectivity index (χ0n) is 16.2. The van der Waals surface area contributed by atoms with E-state index in [4.69, 9.17) is 15.6 Å². The predicted octanol–water partition coefficient (Wildman–Crippen LogP) is 3.09. The van der Waals surface area contributed by atoms with Crippen molar-refractivity contribution in [3.8, 4) is 11.3 Å². The van der Waals surface area contributed by atoms with Gasteiger partial charge in [0.05, 0.1) is 16.8 Å². The molecule has 1 aliphatic rings. The van der Waals surface area contributed by atoms with Crippen LogP contribution in [-0.4, -0.2) is 49.8 Å². The van der Waals surface area contributed by atoms with Gasteiger partial charge in [-0.05, 0) is 31.0 Å². The molecule has 31 heavy (non-hydrogen) atoms. The summed E-state index contributed by atoms with van der Waals surface area (Å²) in [6.45, 7) is 0. The Labute approximate surface area is 178 Å². The molecule has 0 radical (unpaired) electrons. The molecule has 1 fully saturated rings. The molecular weight excluding hydrogens is 435 g/mol. The van der Waals surface area contributed by atoms with Crippen LogP contribution in [0.15, 0.2) is 36.0 Å². The Hall–Kier alpha value is -2.99. The summed E-state index contributed by atoms with van der Waals surface area (Å²) >= 11 is 1.43. The van der Waals surface area contributed by atoms with Crippen molar-refractivity contribution in [1.29, 1.82) is 0 Å². The van der Waals surface area contributed by atoms with E-state index >= 15 is 0 Å². The van der Waals surface area contributed by atoms with Gasteiger partial charge in [-0.25, -0.2) is 14.3 Å². The predicted molar refractivity (Wildman–Crippen MR) is 108 cm³/mol. The summed E-state index contributed by atoms with van der Waals surface area (Å²) in [5, 5.41) is 16.5. The highest BCUT2D eigenvalue weighted by Crippen LogP contribution is 2.26. The Balaban J connectivity index is 0.000000339. The number of nitrogens with two attached hydrogens (primary N) is 1. The molecular formula is C19H20F3N5O3S. The molecule has 0 saturated heterocycles. The molecule has 4 N–H and O–H groups in total. The molecule has 1 amide bonds. The summed E-state index contributed by atoms with van der Waals surface area (Å²) in [7, 11) is 0. The lowest BCUT2D eigenvalue weighted by Gasteiger charge is -2.29. The van der Waals surface area contributed by atoms with Gasteiger partial charge in [0.2, 0.25) is 0 Å². The van der Waals surface area contributed by atoms with Gasteiger partial charge in [-0.15, -0.1) is 11.3 Å². The third-order valence-electron chi connectivity index (χ3n) is 4.78. The van der Waals surface area contributed by atoms with Gasteiger partial charge in [0.15, 0.2) is 5.65 Å². The average molecular weight is 455 g/mol. The zero-order chi connectivity index (χ0) is 22.6. The number of hydrogen-bond donors (Lipinski definition) is 3. The Morgan fingerprint density at radius 2 is 2.00 bits per heavy atom. The topological polar surface area (TPSA) is 123 Å². The molecule has 4 rings (SSSR count). The largest absolute Gasteiger partial charge is 0.490 e. The maximum absolute atomic E-state index is 12.5. The number of aliphatic carboxylic acids is 1. The summed E-state index contributed by atoms with van der Waals surface area (Å²) in [6.07, 6.45) is 2.64. The molecule has 12 heteroatoms. The van der Waals surface area contributed by atoms with Crippen molar-refractivity contribution in [2.75, 3.05) is 0 Å². The molecule has 1 aliphatic carbocycles. The Morgan fingerprint density at radius 1 is 1.29 bits per heavy atom. The Kier molecular flexibility index (Phi) is 6.91. The van der Waals surface area contributed by atoms with Crippen LogP contribution in [0.2, 0.25) is 0 Å². The second kappa shape index (κ2) is 9.43. The van der Waals surface area contributed by atoms with Crippen LogP contribution in [-0.2, 0) is 4.79 Å². The normalized spacial score (nSPS) is 18.8. The number of carbonyl (C=O) groups is 2. The molecule has 166 valence electrons. The summed E-state index contributed by atoms with van der Waals surface area (Å²) in [5.41, 5.74) is 8.74. The third-order valence-corrected chi connectivity index (χ3v) is 5.70. The van der Waals surface area contributed by atoms with Gasteiger partial charge in [0.1, 0.15) is 0 Å². The van der Waals surface area contributed by atoms with E-state index in [1.54, 1.807) is 16.9 Å². The first-order chi connectivity index (χ1) is 14.7. The van der Waals surface area contributed by atoms with Gasteiger partial charge in [0, 0.05) is 29.2 Å². The molecule has 0 spiro atoms. The number of alkyl halides is 3. The first kappa shape index (κ1) is 22.7. The van der Waals surface area contributed by atoms with Gasteiger partial charge in [-0.2, -0.15) is 18.3 Å². The fraction of sp³-hybridized carbons (Fsp3) is 0.368. The van der Waals surface area contributed by atoms with E-state index in [1.807, 2.05) is 23.6 Å². The standard InChI is InChI=1S/C17H19N5OS.C2HF3O2/c18-12-4-1-2-5-13(12)21-17(23)15-8-11(10-24-15)14-9-19-16-6-3-7-20-22(14)16;3-2(4,5)1(6)7/h3,6-10,12-13H,1-2,4-5,18H2,(H,21,23);(H,6,7)/t12-,13+;/m1./s1. The van der Waals surface area contributed by atoms with Crippen LogP contribution in [0.4, 0.5) is 13.2 Å². The number of fused-ring (bicyclic) bond motifs is 1. The molecule has 1 saturated carbocycles. The van der Waals surface area contributed by atoms with Crippen molar-refractivity contribution in [1.82, 2.24) is 19.9 Å². The summed E-state index contributed by atoms with van der Waals surface area (Å²) < 4.78 is 33.5. The molecule has 0 aromatic carbocycles. The minimum absolute atomic E-state index is 0.0459. The fourth-order valence-corrected chi connectivity index (χ4v) is 4.00.